The largest absolute Gasteiger partial charge is 0.481 e. The van der Waals surface area contributed by atoms with Gasteiger partial charge in [-0.1, -0.05) is 26.0 Å². The lowest BCUT2D eigenvalue weighted by molar-refractivity contribution is -0.140. The van der Waals surface area contributed by atoms with Crippen LogP contribution in [0.15, 0.2) is 18.2 Å². The topological polar surface area (TPSA) is 40.5 Å². The fraction of sp³-hybridized carbons (Fsp3) is 0.533. The van der Waals surface area contributed by atoms with Crippen LogP contribution in [0.2, 0.25) is 0 Å². The van der Waals surface area contributed by atoms with Crippen LogP contribution in [0, 0.1) is 18.2 Å². The average molecular weight is 267 g/mol. The molecule has 1 N–H and O–H groups in total. The highest BCUT2D eigenvalue weighted by atomic mass is 19.1. The van der Waals surface area contributed by atoms with E-state index in [1.54, 1.807) is 19.1 Å². The van der Waals surface area contributed by atoms with Crippen molar-refractivity contribution in [1.82, 2.24) is 4.90 Å². The molecule has 1 aromatic rings. The molecule has 0 aromatic heterocycles. The van der Waals surface area contributed by atoms with Crippen LogP contribution in [0.5, 0.6) is 0 Å². The van der Waals surface area contributed by atoms with Crippen LogP contribution < -0.4 is 0 Å². The number of aliphatic carboxylic acids is 1. The molecule has 1 aromatic carbocycles. The smallest absolute Gasteiger partial charge is 0.303 e. The first-order chi connectivity index (χ1) is 8.65. The maximum atomic E-state index is 13.4. The van der Waals surface area contributed by atoms with E-state index in [4.69, 9.17) is 5.11 Å². The minimum Gasteiger partial charge on any atom is -0.481 e. The van der Waals surface area contributed by atoms with Gasteiger partial charge in [0.15, 0.2) is 0 Å². The summed E-state index contributed by atoms with van der Waals surface area (Å²) >= 11 is 0. The summed E-state index contributed by atoms with van der Waals surface area (Å²) in [5, 5.41) is 9.05. The van der Waals surface area contributed by atoms with Gasteiger partial charge in [0, 0.05) is 6.04 Å². The zero-order valence-corrected chi connectivity index (χ0v) is 12.2. The SMILES string of the molecule is Cc1cc(C(N(C)C)C(C)(C)CC(=O)O)ccc1F. The third kappa shape index (κ3) is 3.77. The second-order valence-electron chi connectivity index (χ2n) is 5.93. The van der Waals surface area contributed by atoms with Crippen molar-refractivity contribution in [3.8, 4) is 0 Å². The lowest BCUT2D eigenvalue weighted by Crippen LogP contribution is -2.35. The Morgan fingerprint density at radius 2 is 2.00 bits per heavy atom. The van der Waals surface area contributed by atoms with Gasteiger partial charge in [0.1, 0.15) is 5.82 Å². The van der Waals surface area contributed by atoms with Gasteiger partial charge in [0.2, 0.25) is 0 Å². The number of benzene rings is 1. The Morgan fingerprint density at radius 3 is 2.42 bits per heavy atom. The summed E-state index contributed by atoms with van der Waals surface area (Å²) in [6, 6.07) is 4.89. The molecule has 1 atom stereocenters. The molecular weight excluding hydrogens is 245 g/mol. The van der Waals surface area contributed by atoms with Crippen molar-refractivity contribution in [2.24, 2.45) is 5.41 Å². The van der Waals surface area contributed by atoms with Gasteiger partial charge >= 0.3 is 5.97 Å². The third-order valence-electron chi connectivity index (χ3n) is 3.36. The van der Waals surface area contributed by atoms with Gasteiger partial charge in [-0.3, -0.25) is 4.79 Å². The number of carboxylic acid groups (broad SMARTS) is 1. The quantitative estimate of drug-likeness (QED) is 0.890. The Hall–Kier alpha value is -1.42. The highest BCUT2D eigenvalue weighted by Crippen LogP contribution is 2.40. The minimum absolute atomic E-state index is 0.0618. The number of hydrogen-bond acceptors (Lipinski definition) is 2. The molecule has 0 aliphatic rings. The molecule has 0 aliphatic heterocycles. The summed E-state index contributed by atoms with van der Waals surface area (Å²) in [7, 11) is 3.82. The first-order valence-electron chi connectivity index (χ1n) is 6.29. The lowest BCUT2D eigenvalue weighted by Gasteiger charge is -2.38. The first-order valence-corrected chi connectivity index (χ1v) is 6.29. The summed E-state index contributed by atoms with van der Waals surface area (Å²) in [5.41, 5.74) is 1.07. The van der Waals surface area contributed by atoms with Crippen molar-refractivity contribution in [2.75, 3.05) is 14.1 Å². The lowest BCUT2D eigenvalue weighted by atomic mass is 9.77. The standard InChI is InChI=1S/C15H22FNO2/c1-10-8-11(6-7-12(10)16)14(17(4)5)15(2,3)9-13(18)19/h6-8,14H,9H2,1-5H3,(H,18,19). The zero-order valence-electron chi connectivity index (χ0n) is 12.2. The predicted octanol–water partition coefficient (Wildman–Crippen LogP) is 3.24. The van der Waals surface area contributed by atoms with Gasteiger partial charge in [-0.15, -0.1) is 0 Å². The molecule has 0 saturated heterocycles. The van der Waals surface area contributed by atoms with Crippen LogP contribution in [0.25, 0.3) is 0 Å². The fourth-order valence-electron chi connectivity index (χ4n) is 2.77. The van der Waals surface area contributed by atoms with Gasteiger partial charge in [-0.25, -0.2) is 4.39 Å². The zero-order chi connectivity index (χ0) is 14.8. The summed E-state index contributed by atoms with van der Waals surface area (Å²) in [6.07, 6.45) is 0.0618. The van der Waals surface area contributed by atoms with E-state index in [1.807, 2.05) is 32.8 Å². The summed E-state index contributed by atoms with van der Waals surface area (Å²) < 4.78 is 13.4. The first kappa shape index (κ1) is 15.6. The van der Waals surface area contributed by atoms with Crippen LogP contribution >= 0.6 is 0 Å². The van der Waals surface area contributed by atoms with Gasteiger partial charge in [0.05, 0.1) is 6.42 Å². The highest BCUT2D eigenvalue weighted by molar-refractivity contribution is 5.67. The predicted molar refractivity (Wildman–Crippen MR) is 73.6 cm³/mol. The van der Waals surface area contributed by atoms with Crippen LogP contribution in [-0.4, -0.2) is 30.1 Å². The highest BCUT2D eigenvalue weighted by Gasteiger charge is 2.34. The van der Waals surface area contributed by atoms with Gasteiger partial charge in [-0.05, 0) is 43.6 Å². The molecule has 4 heteroatoms. The second kappa shape index (κ2) is 5.70. The number of carbonyl (C=O) groups is 1. The molecule has 3 nitrogen and oxygen atoms in total. The normalized spacial score (nSPS) is 13.6. The van der Waals surface area contributed by atoms with Crippen LogP contribution in [0.3, 0.4) is 0 Å². The van der Waals surface area contributed by atoms with E-state index in [2.05, 4.69) is 0 Å². The molecule has 0 saturated carbocycles. The Labute approximate surface area is 114 Å². The molecule has 1 unspecified atom stereocenters. The average Bonchev–Trinajstić information content (AvgIpc) is 2.20. The maximum absolute atomic E-state index is 13.4. The molecule has 0 heterocycles. The molecule has 0 bridgehead atoms. The Bertz CT molecular complexity index is 469. The summed E-state index contributed by atoms with van der Waals surface area (Å²) in [6.45, 7) is 5.56. The van der Waals surface area contributed by atoms with Crippen molar-refractivity contribution in [3.63, 3.8) is 0 Å². The van der Waals surface area contributed by atoms with E-state index >= 15 is 0 Å². The third-order valence-corrected chi connectivity index (χ3v) is 3.36. The molecule has 0 aliphatic carbocycles. The van der Waals surface area contributed by atoms with Crippen LogP contribution in [-0.2, 0) is 4.79 Å². The van der Waals surface area contributed by atoms with Crippen molar-refractivity contribution < 1.29 is 14.3 Å². The van der Waals surface area contributed by atoms with Crippen LogP contribution in [0.1, 0.15) is 37.4 Å². The van der Waals surface area contributed by atoms with E-state index in [9.17, 15) is 9.18 Å². The van der Waals surface area contributed by atoms with Gasteiger partial charge < -0.3 is 10.0 Å². The van der Waals surface area contributed by atoms with Crippen LogP contribution in [0.4, 0.5) is 4.39 Å². The molecule has 0 spiro atoms. The molecule has 0 amide bonds. The van der Waals surface area contributed by atoms with E-state index in [-0.39, 0.29) is 18.3 Å². The minimum atomic E-state index is -0.823. The number of carboxylic acids is 1. The van der Waals surface area contributed by atoms with Crippen molar-refractivity contribution in [1.29, 1.82) is 0 Å². The number of halogens is 1. The van der Waals surface area contributed by atoms with Crippen molar-refractivity contribution >= 4 is 5.97 Å². The summed E-state index contributed by atoms with van der Waals surface area (Å²) in [5.74, 6) is -1.06. The van der Waals surface area contributed by atoms with E-state index in [0.29, 0.717) is 5.56 Å². The van der Waals surface area contributed by atoms with Crippen molar-refractivity contribution in [2.45, 2.75) is 33.2 Å². The Balaban J connectivity index is 3.20. The number of hydrogen-bond donors (Lipinski definition) is 1. The molecule has 0 fully saturated rings. The van der Waals surface area contributed by atoms with E-state index in [0.717, 1.165) is 5.56 Å². The maximum Gasteiger partial charge on any atom is 0.303 e. The molecule has 0 radical (unpaired) electrons. The second-order valence-corrected chi connectivity index (χ2v) is 5.93. The van der Waals surface area contributed by atoms with E-state index in [1.165, 1.54) is 6.07 Å². The Kier molecular flexibility index (Phi) is 4.69. The summed E-state index contributed by atoms with van der Waals surface area (Å²) in [4.78, 5) is 13.0. The van der Waals surface area contributed by atoms with Crippen molar-refractivity contribution in [3.05, 3.63) is 35.1 Å². The fourth-order valence-corrected chi connectivity index (χ4v) is 2.77. The van der Waals surface area contributed by atoms with Gasteiger partial charge in [0.25, 0.3) is 0 Å². The number of rotatable bonds is 5. The number of nitrogens with zero attached hydrogens (tertiary/aromatic N) is 1. The number of aryl methyl sites for hydroxylation is 1. The molecule has 19 heavy (non-hydrogen) atoms. The van der Waals surface area contributed by atoms with E-state index < -0.39 is 11.4 Å². The molecule has 106 valence electrons. The van der Waals surface area contributed by atoms with Gasteiger partial charge in [-0.2, -0.15) is 0 Å². The molecular formula is C15H22FNO2. The molecule has 1 rings (SSSR count). The monoisotopic (exact) mass is 267 g/mol. The Morgan fingerprint density at radius 1 is 1.42 bits per heavy atom.